The third kappa shape index (κ3) is 2.80. The average Bonchev–Trinajstić information content (AvgIpc) is 2.35. The van der Waals surface area contributed by atoms with Gasteiger partial charge in [0.15, 0.2) is 17.3 Å². The van der Waals surface area contributed by atoms with Crippen molar-refractivity contribution in [1.29, 1.82) is 0 Å². The van der Waals surface area contributed by atoms with Crippen LogP contribution in [0.1, 0.15) is 36.5 Å². The smallest absolute Gasteiger partial charge is 0.164 e. The van der Waals surface area contributed by atoms with Gasteiger partial charge in [-0.1, -0.05) is 13.3 Å². The zero-order valence-electron chi connectivity index (χ0n) is 9.79. The number of hydrogen-bond donors (Lipinski definition) is 0. The summed E-state index contributed by atoms with van der Waals surface area (Å²) in [5.41, 5.74) is 0.683. The van der Waals surface area contributed by atoms with Crippen molar-refractivity contribution in [1.82, 2.24) is 0 Å². The predicted molar refractivity (Wildman–Crippen MR) is 69.0 cm³/mol. The molecule has 1 aliphatic rings. The van der Waals surface area contributed by atoms with Crippen molar-refractivity contribution in [3.05, 3.63) is 22.2 Å². The fraction of sp³-hybridized carbons (Fsp3) is 0.462. The van der Waals surface area contributed by atoms with Crippen LogP contribution in [0.4, 0.5) is 0 Å². The largest absolute Gasteiger partial charge is 0.486 e. The summed E-state index contributed by atoms with van der Waals surface area (Å²) in [5.74, 6) is 1.52. The Morgan fingerprint density at radius 2 is 1.94 bits per heavy atom. The van der Waals surface area contributed by atoms with Crippen LogP contribution in [0.2, 0.25) is 0 Å². The van der Waals surface area contributed by atoms with E-state index < -0.39 is 0 Å². The first-order valence-corrected chi connectivity index (χ1v) is 6.64. The molecule has 2 rings (SSSR count). The van der Waals surface area contributed by atoms with E-state index in [0.717, 1.165) is 17.3 Å². The quantitative estimate of drug-likeness (QED) is 0.797. The highest BCUT2D eigenvalue weighted by Gasteiger charge is 2.18. The second-order valence-electron chi connectivity index (χ2n) is 4.00. The molecule has 0 N–H and O–H groups in total. The van der Waals surface area contributed by atoms with Gasteiger partial charge in [-0.05, 0) is 34.5 Å². The molecule has 1 aromatic rings. The van der Waals surface area contributed by atoms with Crippen LogP contribution in [0.3, 0.4) is 0 Å². The topological polar surface area (TPSA) is 35.5 Å². The van der Waals surface area contributed by atoms with E-state index in [1.807, 2.05) is 6.07 Å². The van der Waals surface area contributed by atoms with Crippen molar-refractivity contribution in [2.75, 3.05) is 13.2 Å². The number of fused-ring (bicyclic) bond motifs is 1. The van der Waals surface area contributed by atoms with Crippen molar-refractivity contribution in [2.45, 2.75) is 26.2 Å². The van der Waals surface area contributed by atoms with Gasteiger partial charge in [0.05, 0.1) is 0 Å². The number of ether oxygens (including phenoxy) is 2. The highest BCUT2D eigenvalue weighted by atomic mass is 79.9. The molecule has 17 heavy (non-hydrogen) atoms. The Morgan fingerprint density at radius 1 is 1.29 bits per heavy atom. The molecule has 1 aromatic carbocycles. The Labute approximate surface area is 109 Å². The summed E-state index contributed by atoms with van der Waals surface area (Å²) in [4.78, 5) is 12.0. The summed E-state index contributed by atoms with van der Waals surface area (Å²) < 4.78 is 11.7. The first kappa shape index (κ1) is 12.4. The first-order chi connectivity index (χ1) is 8.22. The Balaban J connectivity index is 2.25. The van der Waals surface area contributed by atoms with E-state index in [4.69, 9.17) is 9.47 Å². The fourth-order valence-corrected chi connectivity index (χ4v) is 2.29. The second-order valence-corrected chi connectivity index (χ2v) is 4.86. The van der Waals surface area contributed by atoms with Crippen LogP contribution < -0.4 is 9.47 Å². The van der Waals surface area contributed by atoms with Gasteiger partial charge in [0.1, 0.15) is 13.2 Å². The number of benzene rings is 1. The standard InChI is InChI=1S/C13H15BrO3/c1-2-3-4-11(15)9-7-12-13(8-10(9)14)17-6-5-16-12/h7-8H,2-6H2,1H3. The third-order valence-electron chi connectivity index (χ3n) is 2.69. The molecular formula is C13H15BrO3. The molecule has 1 heterocycles. The fourth-order valence-electron chi connectivity index (χ4n) is 1.75. The van der Waals surface area contributed by atoms with Gasteiger partial charge in [-0.2, -0.15) is 0 Å². The maximum Gasteiger partial charge on any atom is 0.164 e. The van der Waals surface area contributed by atoms with Crippen molar-refractivity contribution >= 4 is 21.7 Å². The van der Waals surface area contributed by atoms with E-state index in [2.05, 4.69) is 22.9 Å². The molecule has 4 heteroatoms. The van der Waals surface area contributed by atoms with Crippen molar-refractivity contribution in [3.8, 4) is 11.5 Å². The van der Waals surface area contributed by atoms with Gasteiger partial charge in [-0.25, -0.2) is 0 Å². The van der Waals surface area contributed by atoms with E-state index in [1.165, 1.54) is 0 Å². The molecule has 0 radical (unpaired) electrons. The maximum atomic E-state index is 12.0. The SMILES string of the molecule is CCCCC(=O)c1cc2c(cc1Br)OCCO2. The molecule has 0 spiro atoms. The van der Waals surface area contributed by atoms with Crippen molar-refractivity contribution in [2.24, 2.45) is 0 Å². The first-order valence-electron chi connectivity index (χ1n) is 5.84. The minimum atomic E-state index is 0.149. The van der Waals surface area contributed by atoms with Crippen LogP contribution >= 0.6 is 15.9 Å². The Hall–Kier alpha value is -1.03. The summed E-state index contributed by atoms with van der Waals surface area (Å²) in [7, 11) is 0. The lowest BCUT2D eigenvalue weighted by molar-refractivity contribution is 0.0977. The molecule has 0 saturated heterocycles. The Kier molecular flexibility index (Phi) is 4.05. The number of halogens is 1. The van der Waals surface area contributed by atoms with Gasteiger partial charge in [0.2, 0.25) is 0 Å². The van der Waals surface area contributed by atoms with Crippen LogP contribution in [0.25, 0.3) is 0 Å². The van der Waals surface area contributed by atoms with Crippen LogP contribution in [0, 0.1) is 0 Å². The lowest BCUT2D eigenvalue weighted by atomic mass is 10.0. The zero-order valence-corrected chi connectivity index (χ0v) is 11.4. The normalized spacial score (nSPS) is 13.5. The molecule has 0 aliphatic carbocycles. The van der Waals surface area contributed by atoms with Gasteiger partial charge in [-0.15, -0.1) is 0 Å². The summed E-state index contributed by atoms with van der Waals surface area (Å²) in [6, 6.07) is 3.59. The molecule has 0 unspecified atom stereocenters. The molecule has 0 aromatic heterocycles. The van der Waals surface area contributed by atoms with Gasteiger partial charge in [0, 0.05) is 16.5 Å². The van der Waals surface area contributed by atoms with Crippen LogP contribution in [0.5, 0.6) is 11.5 Å². The minimum Gasteiger partial charge on any atom is -0.486 e. The van der Waals surface area contributed by atoms with Crippen molar-refractivity contribution < 1.29 is 14.3 Å². The zero-order chi connectivity index (χ0) is 12.3. The minimum absolute atomic E-state index is 0.149. The maximum absolute atomic E-state index is 12.0. The monoisotopic (exact) mass is 298 g/mol. The molecule has 0 saturated carbocycles. The van der Waals surface area contributed by atoms with Crippen LogP contribution in [-0.4, -0.2) is 19.0 Å². The number of Topliss-reactive ketones (excluding diaryl/α,β-unsaturated/α-hetero) is 1. The molecule has 0 atom stereocenters. The number of unbranched alkanes of at least 4 members (excludes halogenated alkanes) is 1. The number of carbonyl (C=O) groups excluding carboxylic acids is 1. The van der Waals surface area contributed by atoms with Crippen LogP contribution in [0.15, 0.2) is 16.6 Å². The molecule has 3 nitrogen and oxygen atoms in total. The summed E-state index contributed by atoms with van der Waals surface area (Å²) >= 11 is 3.41. The van der Waals surface area contributed by atoms with E-state index in [-0.39, 0.29) is 5.78 Å². The van der Waals surface area contributed by atoms with Crippen molar-refractivity contribution in [3.63, 3.8) is 0 Å². The highest BCUT2D eigenvalue weighted by Crippen LogP contribution is 2.36. The predicted octanol–water partition coefficient (Wildman–Crippen LogP) is 3.59. The lowest BCUT2D eigenvalue weighted by Gasteiger charge is -2.19. The molecular weight excluding hydrogens is 284 g/mol. The number of hydrogen-bond acceptors (Lipinski definition) is 3. The van der Waals surface area contributed by atoms with Gasteiger partial charge in [-0.3, -0.25) is 4.79 Å². The van der Waals surface area contributed by atoms with E-state index in [0.29, 0.717) is 36.7 Å². The van der Waals surface area contributed by atoms with E-state index >= 15 is 0 Å². The van der Waals surface area contributed by atoms with E-state index in [1.54, 1.807) is 6.07 Å². The number of ketones is 1. The molecule has 0 amide bonds. The van der Waals surface area contributed by atoms with Crippen LogP contribution in [-0.2, 0) is 0 Å². The second kappa shape index (κ2) is 5.54. The average molecular weight is 299 g/mol. The summed E-state index contributed by atoms with van der Waals surface area (Å²) in [6.07, 6.45) is 2.52. The lowest BCUT2D eigenvalue weighted by Crippen LogP contribution is -2.16. The number of rotatable bonds is 4. The molecule has 0 fully saturated rings. The highest BCUT2D eigenvalue weighted by molar-refractivity contribution is 9.10. The summed E-state index contributed by atoms with van der Waals surface area (Å²) in [6.45, 7) is 3.17. The van der Waals surface area contributed by atoms with Gasteiger partial charge in [0.25, 0.3) is 0 Å². The summed E-state index contributed by atoms with van der Waals surface area (Å²) in [5, 5.41) is 0. The number of carbonyl (C=O) groups is 1. The Morgan fingerprint density at radius 3 is 2.59 bits per heavy atom. The molecule has 1 aliphatic heterocycles. The molecule has 92 valence electrons. The third-order valence-corrected chi connectivity index (χ3v) is 3.35. The van der Waals surface area contributed by atoms with E-state index in [9.17, 15) is 4.79 Å². The molecule has 0 bridgehead atoms. The Bertz CT molecular complexity index is 429. The van der Waals surface area contributed by atoms with Gasteiger partial charge < -0.3 is 9.47 Å². The van der Waals surface area contributed by atoms with Gasteiger partial charge >= 0.3 is 0 Å².